The maximum Gasteiger partial charge on any atom is 0.137 e. The fourth-order valence-electron chi connectivity index (χ4n) is 2.05. The first kappa shape index (κ1) is 15.3. The summed E-state index contributed by atoms with van der Waals surface area (Å²) in [5.74, 6) is 1.08. The van der Waals surface area contributed by atoms with Crippen LogP contribution in [0.4, 0.5) is 0 Å². The van der Waals surface area contributed by atoms with Gasteiger partial charge in [-0.05, 0) is 57.9 Å². The van der Waals surface area contributed by atoms with Crippen LogP contribution in [0, 0.1) is 0 Å². The highest BCUT2D eigenvalue weighted by atomic mass is 79.9. The number of aryl methyl sites for hydroxylation is 1. The summed E-state index contributed by atoms with van der Waals surface area (Å²) in [5.41, 5.74) is 1.03. The van der Waals surface area contributed by atoms with Crippen LogP contribution in [-0.2, 0) is 17.6 Å². The molecule has 0 aliphatic rings. The van der Waals surface area contributed by atoms with E-state index in [2.05, 4.69) is 33.4 Å². The summed E-state index contributed by atoms with van der Waals surface area (Å²) in [7, 11) is 1.63. The van der Waals surface area contributed by atoms with Crippen LogP contribution in [0.1, 0.15) is 23.3 Å². The predicted molar refractivity (Wildman–Crippen MR) is 86.7 cm³/mol. The van der Waals surface area contributed by atoms with Crippen molar-refractivity contribution in [2.45, 2.75) is 25.7 Å². The molecule has 0 atom stereocenters. The van der Waals surface area contributed by atoms with Gasteiger partial charge in [-0.1, -0.05) is 12.1 Å². The zero-order chi connectivity index (χ0) is 14.4. The molecule has 106 valence electrons. The third-order valence-corrected chi connectivity index (χ3v) is 4.63. The van der Waals surface area contributed by atoms with Gasteiger partial charge in [0.25, 0.3) is 0 Å². The predicted octanol–water partition coefficient (Wildman–Crippen LogP) is 4.65. The van der Waals surface area contributed by atoms with E-state index in [-0.39, 0.29) is 0 Å². The lowest BCUT2D eigenvalue weighted by molar-refractivity contribution is -0.118. The lowest BCUT2D eigenvalue weighted by atomic mass is 10.0. The van der Waals surface area contributed by atoms with Gasteiger partial charge in [0, 0.05) is 17.7 Å². The largest absolute Gasteiger partial charge is 0.496 e. The zero-order valence-corrected chi connectivity index (χ0v) is 13.8. The molecule has 0 unspecified atom stereocenters. The molecular weight excluding hydrogens is 336 g/mol. The first-order valence-corrected chi connectivity index (χ1v) is 8.23. The summed E-state index contributed by atoms with van der Waals surface area (Å²) in [6.45, 7) is 0. The standard InChI is InChI=1S/C16H17BrO2S/c1-19-16-8-7-12(11-15(16)17)10-13(18)4-2-5-14-6-3-9-20-14/h3,6-9,11H,2,4-5,10H2,1H3. The van der Waals surface area contributed by atoms with Crippen molar-refractivity contribution in [1.82, 2.24) is 0 Å². The lowest BCUT2D eigenvalue weighted by Crippen LogP contribution is -2.03. The monoisotopic (exact) mass is 352 g/mol. The molecular formula is C16H17BrO2S. The molecule has 0 spiro atoms. The van der Waals surface area contributed by atoms with Crippen molar-refractivity contribution < 1.29 is 9.53 Å². The lowest BCUT2D eigenvalue weighted by Gasteiger charge is -2.06. The molecule has 0 aliphatic carbocycles. The maximum atomic E-state index is 12.0. The average Bonchev–Trinajstić information content (AvgIpc) is 2.92. The Kier molecular flexibility index (Phi) is 5.80. The normalized spacial score (nSPS) is 10.5. The Bertz CT molecular complexity index is 564. The molecule has 4 heteroatoms. The molecule has 1 aromatic carbocycles. The Morgan fingerprint density at radius 2 is 2.20 bits per heavy atom. The third-order valence-electron chi connectivity index (χ3n) is 3.08. The highest BCUT2D eigenvalue weighted by Gasteiger charge is 2.07. The van der Waals surface area contributed by atoms with Crippen LogP contribution in [-0.4, -0.2) is 12.9 Å². The number of carbonyl (C=O) groups excluding carboxylic acids is 1. The van der Waals surface area contributed by atoms with E-state index in [4.69, 9.17) is 4.74 Å². The van der Waals surface area contributed by atoms with E-state index >= 15 is 0 Å². The van der Waals surface area contributed by atoms with E-state index in [1.165, 1.54) is 4.88 Å². The minimum atomic E-state index is 0.290. The minimum absolute atomic E-state index is 0.290. The summed E-state index contributed by atoms with van der Waals surface area (Å²) >= 11 is 5.19. The number of hydrogen-bond acceptors (Lipinski definition) is 3. The highest BCUT2D eigenvalue weighted by Crippen LogP contribution is 2.26. The molecule has 20 heavy (non-hydrogen) atoms. The van der Waals surface area contributed by atoms with E-state index in [1.807, 2.05) is 18.2 Å². The fraction of sp³-hybridized carbons (Fsp3) is 0.312. The van der Waals surface area contributed by atoms with Gasteiger partial charge in [0.2, 0.25) is 0 Å². The molecule has 0 aliphatic heterocycles. The molecule has 2 aromatic rings. The number of halogens is 1. The number of thiophene rings is 1. The van der Waals surface area contributed by atoms with Crippen molar-refractivity contribution >= 4 is 33.0 Å². The molecule has 2 rings (SSSR count). The number of benzene rings is 1. The van der Waals surface area contributed by atoms with Crippen molar-refractivity contribution in [2.75, 3.05) is 7.11 Å². The topological polar surface area (TPSA) is 26.3 Å². The van der Waals surface area contributed by atoms with Crippen molar-refractivity contribution in [3.63, 3.8) is 0 Å². The SMILES string of the molecule is COc1ccc(CC(=O)CCCc2cccs2)cc1Br. The van der Waals surface area contributed by atoms with Crippen LogP contribution < -0.4 is 4.74 Å². The van der Waals surface area contributed by atoms with Crippen LogP contribution in [0.15, 0.2) is 40.2 Å². The van der Waals surface area contributed by atoms with E-state index in [1.54, 1.807) is 18.4 Å². The van der Waals surface area contributed by atoms with Gasteiger partial charge in [0.1, 0.15) is 11.5 Å². The van der Waals surface area contributed by atoms with Gasteiger partial charge in [0.15, 0.2) is 0 Å². The average molecular weight is 353 g/mol. The number of methoxy groups -OCH3 is 1. The van der Waals surface area contributed by atoms with Crippen LogP contribution in [0.25, 0.3) is 0 Å². The Morgan fingerprint density at radius 3 is 2.85 bits per heavy atom. The Hall–Kier alpha value is -1.13. The van der Waals surface area contributed by atoms with E-state index in [9.17, 15) is 4.79 Å². The smallest absolute Gasteiger partial charge is 0.137 e. The van der Waals surface area contributed by atoms with Gasteiger partial charge in [-0.25, -0.2) is 0 Å². The third kappa shape index (κ3) is 4.46. The number of carbonyl (C=O) groups is 1. The summed E-state index contributed by atoms with van der Waals surface area (Å²) in [4.78, 5) is 13.3. The van der Waals surface area contributed by atoms with E-state index < -0.39 is 0 Å². The maximum absolute atomic E-state index is 12.0. The quantitative estimate of drug-likeness (QED) is 0.724. The van der Waals surface area contributed by atoms with Gasteiger partial charge in [-0.15, -0.1) is 11.3 Å². The van der Waals surface area contributed by atoms with Gasteiger partial charge in [-0.3, -0.25) is 4.79 Å². The second kappa shape index (κ2) is 7.60. The Balaban J connectivity index is 1.80. The minimum Gasteiger partial charge on any atom is -0.496 e. The van der Waals surface area contributed by atoms with Crippen LogP contribution in [0.5, 0.6) is 5.75 Å². The number of hydrogen-bond donors (Lipinski definition) is 0. The highest BCUT2D eigenvalue weighted by molar-refractivity contribution is 9.10. The fourth-order valence-corrected chi connectivity index (χ4v) is 3.39. The summed E-state index contributed by atoms with van der Waals surface area (Å²) in [6, 6.07) is 9.96. The zero-order valence-electron chi connectivity index (χ0n) is 11.4. The molecule has 0 fully saturated rings. The van der Waals surface area contributed by atoms with Crippen LogP contribution in [0.3, 0.4) is 0 Å². The molecule has 0 amide bonds. The summed E-state index contributed by atoms with van der Waals surface area (Å²) in [6.07, 6.45) is 3.06. The molecule has 1 aromatic heterocycles. The van der Waals surface area contributed by atoms with Crippen molar-refractivity contribution in [3.8, 4) is 5.75 Å². The Labute approximate surface area is 131 Å². The number of Topliss-reactive ketones (excluding diaryl/α,β-unsaturated/α-hetero) is 1. The van der Waals surface area contributed by atoms with Crippen LogP contribution in [0.2, 0.25) is 0 Å². The second-order valence-electron chi connectivity index (χ2n) is 4.62. The first-order valence-electron chi connectivity index (χ1n) is 6.55. The molecule has 2 nitrogen and oxygen atoms in total. The molecule has 0 bridgehead atoms. The summed E-state index contributed by atoms with van der Waals surface area (Å²) < 4.78 is 6.07. The van der Waals surface area contributed by atoms with E-state index in [0.29, 0.717) is 18.6 Å². The second-order valence-corrected chi connectivity index (χ2v) is 6.50. The van der Waals surface area contributed by atoms with Crippen molar-refractivity contribution in [2.24, 2.45) is 0 Å². The van der Waals surface area contributed by atoms with E-state index in [0.717, 1.165) is 28.6 Å². The van der Waals surface area contributed by atoms with Gasteiger partial charge in [0.05, 0.1) is 11.6 Å². The molecule has 1 heterocycles. The van der Waals surface area contributed by atoms with Crippen molar-refractivity contribution in [3.05, 3.63) is 50.6 Å². The summed E-state index contributed by atoms with van der Waals surface area (Å²) in [5, 5.41) is 2.08. The van der Waals surface area contributed by atoms with Crippen LogP contribution >= 0.6 is 27.3 Å². The number of ketones is 1. The Morgan fingerprint density at radius 1 is 1.35 bits per heavy atom. The number of rotatable bonds is 7. The molecule has 0 N–H and O–H groups in total. The molecule has 0 saturated heterocycles. The first-order chi connectivity index (χ1) is 9.69. The van der Waals surface area contributed by atoms with Gasteiger partial charge >= 0.3 is 0 Å². The van der Waals surface area contributed by atoms with Crippen molar-refractivity contribution in [1.29, 1.82) is 0 Å². The van der Waals surface area contributed by atoms with Gasteiger partial charge < -0.3 is 4.74 Å². The van der Waals surface area contributed by atoms with Gasteiger partial charge in [-0.2, -0.15) is 0 Å². The molecule has 0 saturated carbocycles. The number of ether oxygens (including phenoxy) is 1. The molecule has 0 radical (unpaired) electrons.